The van der Waals surface area contributed by atoms with E-state index in [1.807, 2.05) is 6.92 Å². The number of carboxylic acid groups (broad SMARTS) is 1. The molecule has 1 saturated heterocycles. The summed E-state index contributed by atoms with van der Waals surface area (Å²) in [6.45, 7) is 6.24. The van der Waals surface area contributed by atoms with Crippen molar-refractivity contribution >= 4 is 17.1 Å². The number of aromatic nitrogens is 3. The second-order valence-corrected chi connectivity index (χ2v) is 5.45. The Balaban J connectivity index is 2.03. The third kappa shape index (κ3) is 1.96. The largest absolute Gasteiger partial charge is 0.478 e. The van der Waals surface area contributed by atoms with Crippen molar-refractivity contribution in [2.45, 2.75) is 38.9 Å². The molecule has 2 N–H and O–H groups in total. The Morgan fingerprint density at radius 2 is 2.10 bits per heavy atom. The maximum absolute atomic E-state index is 11.0. The molecule has 0 aliphatic carbocycles. The van der Waals surface area contributed by atoms with Crippen molar-refractivity contribution in [3.05, 3.63) is 23.7 Å². The molecular weight excluding hydrogens is 258 g/mol. The van der Waals surface area contributed by atoms with Crippen LogP contribution in [0.15, 0.2) is 12.3 Å². The number of aromatic carboxylic acids is 1. The van der Waals surface area contributed by atoms with Gasteiger partial charge in [0.05, 0.1) is 23.3 Å². The number of rotatable bonds is 2. The molecule has 1 aliphatic rings. The minimum Gasteiger partial charge on any atom is -0.478 e. The number of imidazole rings is 1. The molecular formula is C14H17N3O3. The van der Waals surface area contributed by atoms with Gasteiger partial charge in [-0.15, -0.1) is 0 Å². The van der Waals surface area contributed by atoms with E-state index in [0.717, 1.165) is 5.82 Å². The van der Waals surface area contributed by atoms with Crippen molar-refractivity contribution in [1.82, 2.24) is 15.0 Å². The van der Waals surface area contributed by atoms with Crippen LogP contribution >= 0.6 is 0 Å². The lowest BCUT2D eigenvalue weighted by Gasteiger charge is -2.15. The summed E-state index contributed by atoms with van der Waals surface area (Å²) >= 11 is 0. The Morgan fingerprint density at radius 3 is 2.70 bits per heavy atom. The number of aromatic amines is 1. The molecule has 3 rings (SSSR count). The lowest BCUT2D eigenvalue weighted by molar-refractivity contribution is 0.0553. The number of H-pyrrole nitrogens is 1. The quantitative estimate of drug-likeness (QED) is 0.877. The van der Waals surface area contributed by atoms with Crippen molar-refractivity contribution in [2.24, 2.45) is 5.92 Å². The number of pyridine rings is 1. The lowest BCUT2D eigenvalue weighted by atomic mass is 9.89. The molecule has 0 radical (unpaired) electrons. The van der Waals surface area contributed by atoms with Crippen LogP contribution in [0.2, 0.25) is 0 Å². The topological polar surface area (TPSA) is 88.1 Å². The minimum absolute atomic E-state index is 0.0829. The summed E-state index contributed by atoms with van der Waals surface area (Å²) in [5.41, 5.74) is 1.35. The van der Waals surface area contributed by atoms with Crippen LogP contribution in [0.3, 0.4) is 0 Å². The highest BCUT2D eigenvalue weighted by Gasteiger charge is 2.39. The zero-order valence-corrected chi connectivity index (χ0v) is 11.6. The van der Waals surface area contributed by atoms with Crippen LogP contribution < -0.4 is 0 Å². The van der Waals surface area contributed by atoms with Gasteiger partial charge in [-0.05, 0) is 25.8 Å². The Morgan fingerprint density at radius 1 is 1.35 bits per heavy atom. The highest BCUT2D eigenvalue weighted by molar-refractivity contribution is 5.90. The number of fused-ring (bicyclic) bond motifs is 1. The molecule has 1 aliphatic heterocycles. The Hall–Kier alpha value is -1.95. The number of hydrogen-bond acceptors (Lipinski definition) is 4. The summed E-state index contributed by atoms with van der Waals surface area (Å²) in [5.74, 6) is 0.353. The molecule has 4 atom stereocenters. The number of nitrogens with one attached hydrogen (secondary N) is 1. The fourth-order valence-corrected chi connectivity index (χ4v) is 2.93. The molecule has 2 aromatic rings. The number of carboxylic acids is 1. The average molecular weight is 275 g/mol. The van der Waals surface area contributed by atoms with E-state index in [9.17, 15) is 4.79 Å². The first-order chi connectivity index (χ1) is 9.47. The first-order valence-corrected chi connectivity index (χ1v) is 6.71. The molecule has 3 heterocycles. The van der Waals surface area contributed by atoms with Crippen molar-refractivity contribution in [2.75, 3.05) is 0 Å². The van der Waals surface area contributed by atoms with Gasteiger partial charge in [-0.1, -0.05) is 6.92 Å². The Bertz CT molecular complexity index is 667. The van der Waals surface area contributed by atoms with Crippen LogP contribution in [-0.2, 0) is 4.74 Å². The fourth-order valence-electron chi connectivity index (χ4n) is 2.93. The van der Waals surface area contributed by atoms with Crippen LogP contribution in [0.5, 0.6) is 0 Å². The van der Waals surface area contributed by atoms with E-state index >= 15 is 0 Å². The zero-order chi connectivity index (χ0) is 14.4. The van der Waals surface area contributed by atoms with Gasteiger partial charge in [-0.3, -0.25) is 0 Å². The first kappa shape index (κ1) is 13.1. The molecule has 6 nitrogen and oxygen atoms in total. The van der Waals surface area contributed by atoms with E-state index in [0.29, 0.717) is 17.1 Å². The van der Waals surface area contributed by atoms with Crippen LogP contribution in [0, 0.1) is 5.92 Å². The van der Waals surface area contributed by atoms with E-state index in [4.69, 9.17) is 9.84 Å². The molecule has 6 heteroatoms. The standard InChI is InChI=1S/C14H17N3O3/c1-6-7(2)20-8(3)11(6)13-16-10-4-9(14(18)19)5-15-12(10)17-13/h4-8,11H,1-3H3,(H,18,19)(H,15,16,17). The molecule has 0 amide bonds. The smallest absolute Gasteiger partial charge is 0.337 e. The maximum Gasteiger partial charge on any atom is 0.337 e. The molecule has 4 unspecified atom stereocenters. The van der Waals surface area contributed by atoms with E-state index in [1.165, 1.54) is 6.20 Å². The second-order valence-electron chi connectivity index (χ2n) is 5.45. The highest BCUT2D eigenvalue weighted by atomic mass is 16.5. The molecule has 20 heavy (non-hydrogen) atoms. The van der Waals surface area contributed by atoms with Crippen molar-refractivity contribution in [1.29, 1.82) is 0 Å². The summed E-state index contributed by atoms with van der Waals surface area (Å²) in [7, 11) is 0. The van der Waals surface area contributed by atoms with Gasteiger partial charge >= 0.3 is 5.97 Å². The first-order valence-electron chi connectivity index (χ1n) is 6.71. The third-order valence-corrected chi connectivity index (χ3v) is 4.16. The lowest BCUT2D eigenvalue weighted by Crippen LogP contribution is -2.16. The SMILES string of the molecule is CC1OC(C)C(c2nc3ncc(C(=O)O)cc3[nH]2)C1C. The Kier molecular flexibility index (Phi) is 2.97. The Labute approximate surface area is 116 Å². The summed E-state index contributed by atoms with van der Waals surface area (Å²) in [4.78, 5) is 22.7. The summed E-state index contributed by atoms with van der Waals surface area (Å²) in [6.07, 6.45) is 1.60. The van der Waals surface area contributed by atoms with Crippen LogP contribution in [0.25, 0.3) is 11.2 Å². The van der Waals surface area contributed by atoms with Gasteiger partial charge in [0.25, 0.3) is 0 Å². The van der Waals surface area contributed by atoms with Gasteiger partial charge in [0, 0.05) is 12.1 Å². The van der Waals surface area contributed by atoms with Gasteiger partial charge in [0.2, 0.25) is 0 Å². The molecule has 2 aromatic heterocycles. The minimum atomic E-state index is -0.991. The van der Waals surface area contributed by atoms with E-state index in [1.54, 1.807) is 6.07 Å². The van der Waals surface area contributed by atoms with Crippen molar-refractivity contribution in [3.63, 3.8) is 0 Å². The van der Waals surface area contributed by atoms with Crippen molar-refractivity contribution < 1.29 is 14.6 Å². The summed E-state index contributed by atoms with van der Waals surface area (Å²) in [5, 5.41) is 8.99. The highest BCUT2D eigenvalue weighted by Crippen LogP contribution is 2.38. The number of carbonyl (C=O) groups is 1. The monoisotopic (exact) mass is 275 g/mol. The van der Waals surface area contributed by atoms with Crippen LogP contribution in [-0.4, -0.2) is 38.2 Å². The molecule has 0 bridgehead atoms. The fraction of sp³-hybridized carbons (Fsp3) is 0.500. The number of ether oxygens (including phenoxy) is 1. The van der Waals surface area contributed by atoms with Crippen LogP contribution in [0.4, 0.5) is 0 Å². The average Bonchev–Trinajstić information content (AvgIpc) is 2.90. The van der Waals surface area contributed by atoms with Crippen molar-refractivity contribution in [3.8, 4) is 0 Å². The summed E-state index contributed by atoms with van der Waals surface area (Å²) < 4.78 is 5.82. The van der Waals surface area contributed by atoms with Gasteiger partial charge < -0.3 is 14.8 Å². The van der Waals surface area contributed by atoms with E-state index in [2.05, 4.69) is 28.8 Å². The van der Waals surface area contributed by atoms with Gasteiger partial charge in [-0.2, -0.15) is 0 Å². The van der Waals surface area contributed by atoms with Gasteiger partial charge in [0.1, 0.15) is 5.82 Å². The molecule has 0 spiro atoms. The van der Waals surface area contributed by atoms with Crippen LogP contribution in [0.1, 0.15) is 42.9 Å². The maximum atomic E-state index is 11.0. The van der Waals surface area contributed by atoms with Gasteiger partial charge in [-0.25, -0.2) is 14.8 Å². The molecule has 106 valence electrons. The molecule has 1 fully saturated rings. The van der Waals surface area contributed by atoms with E-state index in [-0.39, 0.29) is 23.7 Å². The van der Waals surface area contributed by atoms with Gasteiger partial charge in [0.15, 0.2) is 5.65 Å². The third-order valence-electron chi connectivity index (χ3n) is 4.16. The number of nitrogens with zero attached hydrogens (tertiary/aromatic N) is 2. The predicted octanol–water partition coefficient (Wildman–Crippen LogP) is 2.18. The predicted molar refractivity (Wildman–Crippen MR) is 72.8 cm³/mol. The summed E-state index contributed by atoms with van der Waals surface area (Å²) in [6, 6.07) is 1.57. The normalized spacial score (nSPS) is 29.9. The molecule has 0 saturated carbocycles. The second kappa shape index (κ2) is 4.56. The van der Waals surface area contributed by atoms with E-state index < -0.39 is 5.97 Å². The number of hydrogen-bond donors (Lipinski definition) is 2. The molecule has 0 aromatic carbocycles. The zero-order valence-electron chi connectivity index (χ0n) is 11.6.